The molecule has 0 radical (unpaired) electrons. The summed E-state index contributed by atoms with van der Waals surface area (Å²) in [5.41, 5.74) is 20.0. The second kappa shape index (κ2) is 35.3. The number of imide groups is 1. The number of ether oxygens (including phenoxy) is 1. The summed E-state index contributed by atoms with van der Waals surface area (Å²) in [6.45, 7) is -1.92. The highest BCUT2D eigenvalue weighted by Crippen LogP contribution is 2.44. The predicted molar refractivity (Wildman–Crippen MR) is 317 cm³/mol. The van der Waals surface area contributed by atoms with Crippen molar-refractivity contribution < 1.29 is 82.4 Å². The zero-order chi connectivity index (χ0) is 65.2. The maximum absolute atomic E-state index is 15.2. The monoisotopic (exact) mass is 1240 g/mol. The summed E-state index contributed by atoms with van der Waals surface area (Å²) < 4.78 is 5.73. The lowest BCUT2D eigenvalue weighted by Crippen LogP contribution is -2.64. The first-order valence-electron chi connectivity index (χ1n) is 29.4. The highest BCUT2D eigenvalue weighted by molar-refractivity contribution is 6.07. The second-order valence-corrected chi connectivity index (χ2v) is 21.6. The Hall–Kier alpha value is -9.51. The van der Waals surface area contributed by atoms with E-state index < -0.39 is 177 Å². The molecule has 0 spiro atoms. The third kappa shape index (κ3) is 21.7. The second-order valence-electron chi connectivity index (χ2n) is 21.6. The summed E-state index contributed by atoms with van der Waals surface area (Å²) in [5.74, 6) is -16.8. The lowest BCUT2D eigenvalue weighted by molar-refractivity contribution is -0.157. The van der Waals surface area contributed by atoms with Crippen molar-refractivity contribution in [2.45, 2.75) is 151 Å². The third-order valence-corrected chi connectivity index (χ3v) is 14.8. The number of nitrogens with one attached hydrogen (secondary N) is 8. The van der Waals surface area contributed by atoms with Gasteiger partial charge in [-0.3, -0.25) is 62.4 Å². The molecule has 3 aromatic rings. The van der Waals surface area contributed by atoms with Crippen LogP contribution in [0.3, 0.4) is 0 Å². The van der Waals surface area contributed by atoms with E-state index in [0.29, 0.717) is 12.8 Å². The van der Waals surface area contributed by atoms with Crippen LogP contribution >= 0.6 is 0 Å². The van der Waals surface area contributed by atoms with Crippen LogP contribution in [0.15, 0.2) is 72.8 Å². The average Bonchev–Trinajstić information content (AvgIpc) is 1.67. The number of primary amides is 3. The van der Waals surface area contributed by atoms with Gasteiger partial charge in [-0.2, -0.15) is 0 Å². The third-order valence-electron chi connectivity index (χ3n) is 14.8. The summed E-state index contributed by atoms with van der Waals surface area (Å²) in [7, 11) is 0. The molecular formula is C60H80N12O17. The first kappa shape index (κ1) is 70.3. The number of aromatic hydroxyl groups is 1. The van der Waals surface area contributed by atoms with Crippen molar-refractivity contribution in [2.75, 3.05) is 32.9 Å². The normalized spacial score (nSPS) is 19.9. The van der Waals surface area contributed by atoms with Gasteiger partial charge < -0.3 is 79.8 Å². The Kier molecular flexibility index (Phi) is 27.9. The van der Waals surface area contributed by atoms with Crippen molar-refractivity contribution in [2.24, 2.45) is 17.2 Å². The molecule has 482 valence electrons. The van der Waals surface area contributed by atoms with Gasteiger partial charge in [0.25, 0.3) is 5.91 Å². The van der Waals surface area contributed by atoms with E-state index in [1.165, 1.54) is 24.3 Å². The molecule has 1 aliphatic carbocycles. The molecule has 29 nitrogen and oxygen atoms in total. The van der Waals surface area contributed by atoms with Crippen molar-refractivity contribution in [1.29, 1.82) is 0 Å². The van der Waals surface area contributed by atoms with Gasteiger partial charge in [0.1, 0.15) is 54.6 Å². The number of unbranched alkanes of at least 4 members (excludes halogenated alkanes) is 9. The Morgan fingerprint density at radius 1 is 0.596 bits per heavy atom. The number of hydrogen-bond donors (Lipinski definition) is 14. The van der Waals surface area contributed by atoms with Crippen LogP contribution < -0.4 is 59.7 Å². The molecule has 5 rings (SSSR count). The molecule has 1 heterocycles. The van der Waals surface area contributed by atoms with Gasteiger partial charge in [-0.25, -0.2) is 4.79 Å². The number of nitrogens with two attached hydrogens (primary N) is 3. The Balaban J connectivity index is 1.57. The first-order chi connectivity index (χ1) is 42.5. The van der Waals surface area contributed by atoms with E-state index in [-0.39, 0.29) is 29.4 Å². The number of nitrogens with zero attached hydrogens (tertiary/aromatic N) is 1. The van der Waals surface area contributed by atoms with Gasteiger partial charge in [0, 0.05) is 18.9 Å². The maximum Gasteiger partial charge on any atom is 0.407 e. The number of phenolic OH excluding ortho intramolecular Hbond substituents is 1. The summed E-state index contributed by atoms with van der Waals surface area (Å²) in [6, 6.07) is 5.23. The maximum atomic E-state index is 15.2. The molecule has 89 heavy (non-hydrogen) atoms. The number of aliphatic hydroxyl groups excluding tert-OH is 2. The largest absolute Gasteiger partial charge is 0.508 e. The zero-order valence-corrected chi connectivity index (χ0v) is 49.4. The fourth-order valence-electron chi connectivity index (χ4n) is 10.2. The number of amides is 13. The average molecular weight is 1240 g/mol. The van der Waals surface area contributed by atoms with E-state index in [0.717, 1.165) is 73.6 Å². The van der Waals surface area contributed by atoms with E-state index in [2.05, 4.69) is 44.1 Å². The Morgan fingerprint density at radius 2 is 1.09 bits per heavy atom. The van der Waals surface area contributed by atoms with Crippen molar-refractivity contribution in [3.63, 3.8) is 0 Å². The van der Waals surface area contributed by atoms with Crippen molar-refractivity contribution in [3.05, 3.63) is 89.5 Å². The van der Waals surface area contributed by atoms with Crippen LogP contribution in [0.5, 0.6) is 5.75 Å². The molecule has 0 unspecified atom stereocenters. The minimum atomic E-state index is -2.50. The SMILES string of the molecule is CCCCCCCCCCCCNC(=O)[C@H](CC(=O)N1C(=O)[C@H](CC(N)=O)NC(=O)[C@H](CO)NC(=O)[C@H](CC(N)=O)NC(=O)CNC(=O)[C@@H](CC(N)=O)NC(=O)[C@H](Cc2ccc(O)cc2)NC(=O)[C@H]1CO)NC(=O)OCC1c2ccccc2-c2ccccc21. The molecule has 1 fully saturated rings. The van der Waals surface area contributed by atoms with Crippen molar-refractivity contribution in [1.82, 2.24) is 47.4 Å². The molecule has 17 N–H and O–H groups in total. The summed E-state index contributed by atoms with van der Waals surface area (Å²) >= 11 is 0. The van der Waals surface area contributed by atoms with Crippen molar-refractivity contribution >= 4 is 77.0 Å². The van der Waals surface area contributed by atoms with Crippen LogP contribution in [0.4, 0.5) is 4.79 Å². The van der Waals surface area contributed by atoms with Gasteiger partial charge in [0.15, 0.2) is 0 Å². The molecule has 0 bridgehead atoms. The highest BCUT2D eigenvalue weighted by atomic mass is 16.5. The fraction of sp³-hybridized carbons (Fsp3) is 0.483. The van der Waals surface area contributed by atoms with E-state index in [1.54, 1.807) is 0 Å². The first-order valence-corrected chi connectivity index (χ1v) is 29.4. The number of aliphatic hydroxyl groups is 2. The van der Waals surface area contributed by atoms with Gasteiger partial charge in [-0.15, -0.1) is 0 Å². The van der Waals surface area contributed by atoms with Crippen LogP contribution in [-0.4, -0.2) is 172 Å². The van der Waals surface area contributed by atoms with Crippen LogP contribution in [0.25, 0.3) is 11.1 Å². The molecule has 0 aromatic heterocycles. The predicted octanol–water partition coefficient (Wildman–Crippen LogP) is -1.84. The molecule has 0 saturated carbocycles. The van der Waals surface area contributed by atoms with Crippen molar-refractivity contribution in [3.8, 4) is 16.9 Å². The standard InChI is InChI=1S/C60H80N12O17/c1-2-3-4-5-6-7-8-9-10-15-24-64-53(81)44(71-60(88)89-33-40-38-18-13-11-16-36(38)37-17-12-14-19-39(37)40)29-52(80)72-47(32-74)58(86)68-41(25-34-20-22-35(75)23-21-34)55(83)67-42(26-48(61)76)54(82)65-30-51(79)66-43(27-49(62)77)56(84)70-46(31-73)57(85)69-45(59(72)87)28-50(63)78/h11-14,16-23,40-47,73-75H,2-10,15,24-33H2,1H3,(H2,61,76)(H2,62,77)(H2,63,78)(H,64,81)(H,65,82)(H,66,79)(H,67,83)(H,68,86)(H,69,85)(H,70,84)(H,71,88)/t41-,42+,43-,44-,45-,46-,47+/m0/s1. The number of phenols is 1. The van der Waals surface area contributed by atoms with Crippen LogP contribution in [0, 0.1) is 0 Å². The number of carbonyl (C=O) groups is 13. The topological polar surface area (TPSA) is 469 Å². The number of alkyl carbamates (subject to hydrolysis) is 1. The molecule has 2 aliphatic rings. The zero-order valence-electron chi connectivity index (χ0n) is 49.4. The van der Waals surface area contributed by atoms with Crippen LogP contribution in [0.2, 0.25) is 0 Å². The van der Waals surface area contributed by atoms with Crippen LogP contribution in [0.1, 0.15) is 119 Å². The molecule has 29 heteroatoms. The number of benzene rings is 3. The molecular weight excluding hydrogens is 1160 g/mol. The van der Waals surface area contributed by atoms with Gasteiger partial charge >= 0.3 is 6.09 Å². The number of carbonyl (C=O) groups excluding carboxylic acids is 13. The van der Waals surface area contributed by atoms with Gasteiger partial charge in [0.2, 0.25) is 65.0 Å². The lowest BCUT2D eigenvalue weighted by atomic mass is 9.98. The Bertz CT molecular complexity index is 2990. The molecule has 13 amide bonds. The smallest absolute Gasteiger partial charge is 0.407 e. The lowest BCUT2D eigenvalue weighted by Gasteiger charge is -2.33. The molecule has 3 aromatic carbocycles. The molecule has 7 atom stereocenters. The fourth-order valence-corrected chi connectivity index (χ4v) is 10.2. The molecule has 1 aliphatic heterocycles. The minimum absolute atomic E-state index is 0.0358. The summed E-state index contributed by atoms with van der Waals surface area (Å²) in [5, 5.41) is 49.6. The summed E-state index contributed by atoms with van der Waals surface area (Å²) in [6.07, 6.45) is 3.52. The number of hydrogen-bond acceptors (Lipinski definition) is 17. The van der Waals surface area contributed by atoms with Gasteiger partial charge in [-0.1, -0.05) is 125 Å². The van der Waals surface area contributed by atoms with Crippen LogP contribution in [-0.2, 0) is 68.7 Å². The van der Waals surface area contributed by atoms with E-state index in [9.17, 15) is 68.1 Å². The quantitative estimate of drug-likeness (QED) is 0.0373. The van der Waals surface area contributed by atoms with E-state index in [1.807, 2.05) is 53.8 Å². The Labute approximate surface area is 513 Å². The van der Waals surface area contributed by atoms with Gasteiger partial charge in [0.05, 0.1) is 45.4 Å². The summed E-state index contributed by atoms with van der Waals surface area (Å²) in [4.78, 5) is 179. The number of rotatable bonds is 27. The van der Waals surface area contributed by atoms with Gasteiger partial charge in [-0.05, 0) is 46.4 Å². The van der Waals surface area contributed by atoms with E-state index in [4.69, 9.17) is 21.9 Å². The minimum Gasteiger partial charge on any atom is -0.508 e. The molecule has 1 saturated heterocycles. The highest BCUT2D eigenvalue weighted by Gasteiger charge is 2.43. The van der Waals surface area contributed by atoms with E-state index >= 15 is 9.59 Å². The Morgan fingerprint density at radius 3 is 1.65 bits per heavy atom. The number of fused-ring (bicyclic) bond motifs is 3.